The molecule has 2 nitrogen and oxygen atoms in total. The van der Waals surface area contributed by atoms with Crippen molar-refractivity contribution in [2.45, 2.75) is 0 Å². The molecule has 1 heterocycles. The summed E-state index contributed by atoms with van der Waals surface area (Å²) in [4.78, 5) is 2.35. The first kappa shape index (κ1) is 28.4. The molecule has 0 saturated carbocycles. The highest BCUT2D eigenvalue weighted by atomic mass is 16.3. The number of anilines is 3. The van der Waals surface area contributed by atoms with E-state index < -0.39 is 0 Å². The number of para-hydroxylation sites is 1. The zero-order valence-corrected chi connectivity index (χ0v) is 27.3. The fourth-order valence-electron chi connectivity index (χ4n) is 7.56. The monoisotopic (exact) mass is 637 g/mol. The summed E-state index contributed by atoms with van der Waals surface area (Å²) in [5, 5.41) is 9.42. The van der Waals surface area contributed by atoms with Crippen LogP contribution in [0.3, 0.4) is 0 Å². The van der Waals surface area contributed by atoms with E-state index in [9.17, 15) is 0 Å². The number of hydrogen-bond donors (Lipinski definition) is 0. The van der Waals surface area contributed by atoms with Crippen LogP contribution in [0.25, 0.3) is 76.5 Å². The van der Waals surface area contributed by atoms with Gasteiger partial charge in [-0.2, -0.15) is 0 Å². The van der Waals surface area contributed by atoms with E-state index in [0.717, 1.165) is 44.4 Å². The molecule has 10 rings (SSSR count). The summed E-state index contributed by atoms with van der Waals surface area (Å²) in [6.45, 7) is 0. The lowest BCUT2D eigenvalue weighted by atomic mass is 9.97. The largest absolute Gasteiger partial charge is 0.453 e. The van der Waals surface area contributed by atoms with E-state index in [0.29, 0.717) is 0 Å². The molecule has 0 aliphatic rings. The second-order valence-electron chi connectivity index (χ2n) is 12.9. The maximum Gasteiger partial charge on any atom is 0.159 e. The van der Waals surface area contributed by atoms with Crippen LogP contribution in [-0.2, 0) is 0 Å². The SMILES string of the molecule is c1ccc(-c2cccc3ccc(N(c4ccc(-c5ccc6ccccc6c5)cc4)c4cccc5c4oc4c6ccccc6ccc54)cc23)cc1. The summed E-state index contributed by atoms with van der Waals surface area (Å²) >= 11 is 0. The van der Waals surface area contributed by atoms with Gasteiger partial charge in [-0.15, -0.1) is 0 Å². The maximum atomic E-state index is 6.89. The van der Waals surface area contributed by atoms with Crippen molar-refractivity contribution in [3.63, 3.8) is 0 Å². The van der Waals surface area contributed by atoms with Crippen molar-refractivity contribution in [2.24, 2.45) is 0 Å². The van der Waals surface area contributed by atoms with Crippen LogP contribution in [0.4, 0.5) is 17.1 Å². The zero-order chi connectivity index (χ0) is 33.0. The number of hydrogen-bond acceptors (Lipinski definition) is 2. The Balaban J connectivity index is 1.19. The van der Waals surface area contributed by atoms with Crippen LogP contribution < -0.4 is 4.90 Å². The Labute approximate surface area is 290 Å². The zero-order valence-electron chi connectivity index (χ0n) is 27.3. The highest BCUT2D eigenvalue weighted by Gasteiger charge is 2.21. The van der Waals surface area contributed by atoms with Gasteiger partial charge in [0.05, 0.1) is 5.69 Å². The molecule has 0 amide bonds. The van der Waals surface area contributed by atoms with Crippen molar-refractivity contribution in [1.82, 2.24) is 0 Å². The highest BCUT2D eigenvalue weighted by Crippen LogP contribution is 2.45. The Kier molecular flexibility index (Phi) is 6.53. The van der Waals surface area contributed by atoms with Crippen LogP contribution in [0.2, 0.25) is 0 Å². The molecule has 0 fully saturated rings. The molecule has 234 valence electrons. The minimum atomic E-state index is 0.869. The lowest BCUT2D eigenvalue weighted by Gasteiger charge is -2.26. The molecular weight excluding hydrogens is 607 g/mol. The van der Waals surface area contributed by atoms with Gasteiger partial charge in [-0.1, -0.05) is 146 Å². The van der Waals surface area contributed by atoms with Crippen molar-refractivity contribution in [2.75, 3.05) is 4.90 Å². The average molecular weight is 638 g/mol. The Morgan fingerprint density at radius 3 is 1.82 bits per heavy atom. The number of benzene rings is 9. The third kappa shape index (κ3) is 4.65. The Morgan fingerprint density at radius 2 is 0.940 bits per heavy atom. The van der Waals surface area contributed by atoms with Gasteiger partial charge in [0.2, 0.25) is 0 Å². The van der Waals surface area contributed by atoms with Gasteiger partial charge in [-0.3, -0.25) is 0 Å². The summed E-state index contributed by atoms with van der Waals surface area (Å²) in [6, 6.07) is 67.5. The quantitative estimate of drug-likeness (QED) is 0.187. The van der Waals surface area contributed by atoms with E-state index in [-0.39, 0.29) is 0 Å². The summed E-state index contributed by atoms with van der Waals surface area (Å²) < 4.78 is 6.89. The van der Waals surface area contributed by atoms with Crippen LogP contribution in [0, 0.1) is 0 Å². The van der Waals surface area contributed by atoms with Gasteiger partial charge < -0.3 is 9.32 Å². The third-order valence-electron chi connectivity index (χ3n) is 10.0. The van der Waals surface area contributed by atoms with Gasteiger partial charge >= 0.3 is 0 Å². The standard InChI is InChI=1S/C48H31NO/c1-2-11-34(12-3-1)41-17-8-15-36-24-28-40(31-45(36)41)49(39-26-22-33(23-27-39)38-21-20-32-10-4-5-14-37(32)30-38)46-19-9-18-43-44-29-25-35-13-6-7-16-42(35)47(44)50-48(43)46/h1-31H. The molecule has 0 N–H and O–H groups in total. The summed E-state index contributed by atoms with van der Waals surface area (Å²) in [6.07, 6.45) is 0. The Bertz CT molecular complexity index is 2870. The minimum Gasteiger partial charge on any atom is -0.453 e. The topological polar surface area (TPSA) is 16.4 Å². The van der Waals surface area contributed by atoms with E-state index in [4.69, 9.17) is 4.42 Å². The third-order valence-corrected chi connectivity index (χ3v) is 10.0. The molecule has 0 atom stereocenters. The molecule has 0 bridgehead atoms. The first-order valence-corrected chi connectivity index (χ1v) is 17.1. The number of fused-ring (bicyclic) bond motifs is 7. The fourth-order valence-corrected chi connectivity index (χ4v) is 7.56. The van der Waals surface area contributed by atoms with E-state index in [1.165, 1.54) is 49.2 Å². The van der Waals surface area contributed by atoms with Crippen molar-refractivity contribution in [1.29, 1.82) is 0 Å². The molecule has 0 spiro atoms. The van der Waals surface area contributed by atoms with E-state index in [2.05, 4.69) is 193 Å². The van der Waals surface area contributed by atoms with Gasteiger partial charge in [-0.25, -0.2) is 0 Å². The molecule has 1 aromatic heterocycles. The summed E-state index contributed by atoms with van der Waals surface area (Å²) in [5.41, 5.74) is 9.71. The van der Waals surface area contributed by atoms with Crippen LogP contribution in [0.1, 0.15) is 0 Å². The van der Waals surface area contributed by atoms with Crippen LogP contribution in [-0.4, -0.2) is 0 Å². The van der Waals surface area contributed by atoms with E-state index in [1.807, 2.05) is 0 Å². The van der Waals surface area contributed by atoms with E-state index >= 15 is 0 Å². The molecular formula is C48H31NO. The van der Waals surface area contributed by atoms with Gasteiger partial charge in [-0.05, 0) is 91.6 Å². The van der Waals surface area contributed by atoms with E-state index in [1.54, 1.807) is 0 Å². The molecule has 0 saturated heterocycles. The fraction of sp³-hybridized carbons (Fsp3) is 0. The maximum absolute atomic E-state index is 6.89. The normalized spacial score (nSPS) is 11.6. The minimum absolute atomic E-state index is 0.869. The molecule has 50 heavy (non-hydrogen) atoms. The van der Waals surface area contributed by atoms with Gasteiger partial charge in [0, 0.05) is 27.5 Å². The van der Waals surface area contributed by atoms with Gasteiger partial charge in [0.25, 0.3) is 0 Å². The number of rotatable bonds is 5. The van der Waals surface area contributed by atoms with Gasteiger partial charge in [0.1, 0.15) is 5.58 Å². The molecule has 10 aromatic rings. The van der Waals surface area contributed by atoms with Crippen molar-refractivity contribution in [3.8, 4) is 22.3 Å². The predicted molar refractivity (Wildman–Crippen MR) is 212 cm³/mol. The second-order valence-corrected chi connectivity index (χ2v) is 12.9. The van der Waals surface area contributed by atoms with Crippen molar-refractivity contribution in [3.05, 3.63) is 188 Å². The Morgan fingerprint density at radius 1 is 0.320 bits per heavy atom. The lowest BCUT2D eigenvalue weighted by Crippen LogP contribution is -2.10. The van der Waals surface area contributed by atoms with Crippen LogP contribution in [0.15, 0.2) is 192 Å². The number of furan rings is 1. The smallest absolute Gasteiger partial charge is 0.159 e. The molecule has 2 heteroatoms. The first-order valence-electron chi connectivity index (χ1n) is 17.1. The number of nitrogens with zero attached hydrogens (tertiary/aromatic N) is 1. The average Bonchev–Trinajstić information content (AvgIpc) is 3.58. The first-order chi connectivity index (χ1) is 24.8. The highest BCUT2D eigenvalue weighted by molar-refractivity contribution is 6.17. The molecule has 0 aliphatic heterocycles. The molecule has 0 radical (unpaired) electrons. The van der Waals surface area contributed by atoms with Crippen molar-refractivity contribution >= 4 is 71.3 Å². The van der Waals surface area contributed by atoms with Crippen LogP contribution >= 0.6 is 0 Å². The summed E-state index contributed by atoms with van der Waals surface area (Å²) in [7, 11) is 0. The molecule has 9 aromatic carbocycles. The van der Waals surface area contributed by atoms with Crippen molar-refractivity contribution < 1.29 is 4.42 Å². The second kappa shape index (κ2) is 11.5. The predicted octanol–water partition coefficient (Wildman–Crippen LogP) is 13.8. The van der Waals surface area contributed by atoms with Gasteiger partial charge in [0.15, 0.2) is 5.58 Å². The van der Waals surface area contributed by atoms with Crippen LogP contribution in [0.5, 0.6) is 0 Å². The Hall–Kier alpha value is -6.64. The molecule has 0 unspecified atom stereocenters. The summed E-state index contributed by atoms with van der Waals surface area (Å²) in [5.74, 6) is 0. The lowest BCUT2D eigenvalue weighted by molar-refractivity contribution is 0.673. The molecule has 0 aliphatic carbocycles.